The molecule has 0 aliphatic heterocycles. The lowest BCUT2D eigenvalue weighted by Gasteiger charge is -2.03. The first kappa shape index (κ1) is 12.1. The van der Waals surface area contributed by atoms with Crippen molar-refractivity contribution < 1.29 is 4.74 Å². The van der Waals surface area contributed by atoms with E-state index < -0.39 is 0 Å². The fourth-order valence-corrected chi connectivity index (χ4v) is 2.00. The molecule has 0 fully saturated rings. The van der Waals surface area contributed by atoms with Gasteiger partial charge in [0.15, 0.2) is 0 Å². The lowest BCUT2D eigenvalue weighted by molar-refractivity contribution is 0.192. The molecular weight excluding hydrogens is 212 g/mol. The molecule has 0 amide bonds. The Morgan fingerprint density at radius 2 is 2.12 bits per heavy atom. The molecule has 92 valence electrons. The molecule has 2 N–H and O–H groups in total. The molecule has 0 saturated carbocycles. The monoisotopic (exact) mass is 232 g/mol. The maximum atomic E-state index is 5.02. The van der Waals surface area contributed by atoms with Crippen LogP contribution in [0.15, 0.2) is 30.5 Å². The van der Waals surface area contributed by atoms with E-state index >= 15 is 0 Å². The van der Waals surface area contributed by atoms with Gasteiger partial charge in [-0.2, -0.15) is 0 Å². The predicted molar refractivity (Wildman–Crippen MR) is 71.1 cm³/mol. The summed E-state index contributed by atoms with van der Waals surface area (Å²) in [4.78, 5) is 3.29. The highest BCUT2D eigenvalue weighted by atomic mass is 16.5. The number of methoxy groups -OCH3 is 1. The molecule has 0 saturated heterocycles. The third-order valence-corrected chi connectivity index (χ3v) is 2.94. The molecule has 0 aliphatic rings. The second-order valence-corrected chi connectivity index (χ2v) is 4.24. The summed E-state index contributed by atoms with van der Waals surface area (Å²) in [5.41, 5.74) is 2.55. The molecule has 2 aromatic rings. The topological polar surface area (TPSA) is 37.0 Å². The van der Waals surface area contributed by atoms with Crippen molar-refractivity contribution in [3.63, 3.8) is 0 Å². The predicted octanol–water partition coefficient (Wildman–Crippen LogP) is 2.68. The third-order valence-electron chi connectivity index (χ3n) is 2.94. The van der Waals surface area contributed by atoms with Crippen molar-refractivity contribution in [1.29, 1.82) is 0 Å². The number of fused-ring (bicyclic) bond motifs is 1. The largest absolute Gasteiger partial charge is 0.385 e. The first-order valence-electron chi connectivity index (χ1n) is 6.16. The van der Waals surface area contributed by atoms with Crippen LogP contribution in [0, 0.1) is 0 Å². The van der Waals surface area contributed by atoms with E-state index in [-0.39, 0.29) is 0 Å². The molecule has 0 bridgehead atoms. The Labute approximate surface area is 102 Å². The number of rotatable bonds is 7. The fourth-order valence-electron chi connectivity index (χ4n) is 2.00. The van der Waals surface area contributed by atoms with Crippen LogP contribution in [-0.2, 0) is 11.3 Å². The molecule has 0 radical (unpaired) electrons. The minimum absolute atomic E-state index is 0.856. The van der Waals surface area contributed by atoms with E-state index in [2.05, 4.69) is 40.8 Å². The van der Waals surface area contributed by atoms with Crippen molar-refractivity contribution in [2.24, 2.45) is 0 Å². The molecule has 0 unspecified atom stereocenters. The Hall–Kier alpha value is -1.32. The maximum absolute atomic E-state index is 5.02. The van der Waals surface area contributed by atoms with Gasteiger partial charge in [-0.15, -0.1) is 0 Å². The van der Waals surface area contributed by atoms with Crippen LogP contribution in [0.3, 0.4) is 0 Å². The second kappa shape index (κ2) is 6.42. The summed E-state index contributed by atoms with van der Waals surface area (Å²) >= 11 is 0. The molecule has 2 rings (SSSR count). The third kappa shape index (κ3) is 3.32. The molecular formula is C14H20N2O. The number of H-pyrrole nitrogens is 1. The Balaban J connectivity index is 1.79. The zero-order valence-corrected chi connectivity index (χ0v) is 10.3. The van der Waals surface area contributed by atoms with Crippen LogP contribution >= 0.6 is 0 Å². The second-order valence-electron chi connectivity index (χ2n) is 4.24. The van der Waals surface area contributed by atoms with Gasteiger partial charge in [0.25, 0.3) is 0 Å². The zero-order chi connectivity index (χ0) is 11.9. The number of nitrogens with one attached hydrogen (secondary N) is 2. The summed E-state index contributed by atoms with van der Waals surface area (Å²) in [6.07, 6.45) is 4.38. The standard InChI is InChI=1S/C14H20N2O/c1-17-9-5-4-8-15-10-12-11-16-14-7-3-2-6-13(12)14/h2-3,6-7,11,15-16H,4-5,8-10H2,1H3. The van der Waals surface area contributed by atoms with Crippen molar-refractivity contribution in [1.82, 2.24) is 10.3 Å². The summed E-state index contributed by atoms with van der Waals surface area (Å²) in [7, 11) is 1.75. The molecule has 1 aromatic heterocycles. The van der Waals surface area contributed by atoms with Crippen molar-refractivity contribution >= 4 is 10.9 Å². The Kier molecular flexibility index (Phi) is 4.59. The first-order chi connectivity index (χ1) is 8.42. The van der Waals surface area contributed by atoms with Crippen LogP contribution in [0.2, 0.25) is 0 Å². The van der Waals surface area contributed by atoms with E-state index in [0.717, 1.165) is 32.5 Å². The lowest BCUT2D eigenvalue weighted by atomic mass is 10.2. The average molecular weight is 232 g/mol. The Bertz CT molecular complexity index is 450. The summed E-state index contributed by atoms with van der Waals surface area (Å²) < 4.78 is 5.02. The zero-order valence-electron chi connectivity index (χ0n) is 10.3. The molecule has 17 heavy (non-hydrogen) atoms. The van der Waals surface area contributed by atoms with E-state index in [4.69, 9.17) is 4.74 Å². The van der Waals surface area contributed by atoms with Gasteiger partial charge in [0, 0.05) is 37.4 Å². The summed E-state index contributed by atoms with van der Waals surface area (Å²) in [5, 5.41) is 4.78. The highest BCUT2D eigenvalue weighted by molar-refractivity contribution is 5.82. The molecule has 0 atom stereocenters. The molecule has 0 spiro atoms. The average Bonchev–Trinajstić information content (AvgIpc) is 2.77. The number of para-hydroxylation sites is 1. The number of benzene rings is 1. The minimum Gasteiger partial charge on any atom is -0.385 e. The van der Waals surface area contributed by atoms with E-state index in [0.29, 0.717) is 0 Å². The van der Waals surface area contributed by atoms with Gasteiger partial charge in [0.2, 0.25) is 0 Å². The Morgan fingerprint density at radius 1 is 1.24 bits per heavy atom. The van der Waals surface area contributed by atoms with Crippen LogP contribution < -0.4 is 5.32 Å². The molecule has 0 aliphatic carbocycles. The molecule has 1 aromatic carbocycles. The fraction of sp³-hybridized carbons (Fsp3) is 0.429. The van der Waals surface area contributed by atoms with Crippen molar-refractivity contribution in [2.75, 3.05) is 20.3 Å². The number of ether oxygens (including phenoxy) is 1. The minimum atomic E-state index is 0.856. The number of hydrogen-bond acceptors (Lipinski definition) is 2. The van der Waals surface area contributed by atoms with Crippen molar-refractivity contribution in [3.8, 4) is 0 Å². The summed E-state index contributed by atoms with van der Waals surface area (Å²) in [6, 6.07) is 8.41. The Morgan fingerprint density at radius 3 is 3.00 bits per heavy atom. The first-order valence-corrected chi connectivity index (χ1v) is 6.16. The van der Waals surface area contributed by atoms with Gasteiger partial charge < -0.3 is 15.0 Å². The van der Waals surface area contributed by atoms with Crippen molar-refractivity contribution in [3.05, 3.63) is 36.0 Å². The van der Waals surface area contributed by atoms with Gasteiger partial charge in [0.1, 0.15) is 0 Å². The van der Waals surface area contributed by atoms with Gasteiger partial charge >= 0.3 is 0 Å². The maximum Gasteiger partial charge on any atom is 0.0462 e. The summed E-state index contributed by atoms with van der Waals surface area (Å²) in [5.74, 6) is 0. The van der Waals surface area contributed by atoms with Crippen LogP contribution in [0.1, 0.15) is 18.4 Å². The van der Waals surface area contributed by atoms with Crippen LogP contribution in [0.25, 0.3) is 10.9 Å². The number of aromatic amines is 1. The number of unbranched alkanes of at least 4 members (excludes halogenated alkanes) is 1. The summed E-state index contributed by atoms with van der Waals surface area (Å²) in [6.45, 7) is 2.83. The van der Waals surface area contributed by atoms with Gasteiger partial charge in [-0.25, -0.2) is 0 Å². The van der Waals surface area contributed by atoms with Gasteiger partial charge in [-0.1, -0.05) is 18.2 Å². The SMILES string of the molecule is COCCCCNCc1c[nH]c2ccccc12. The van der Waals surface area contributed by atoms with Crippen molar-refractivity contribution in [2.45, 2.75) is 19.4 Å². The normalized spacial score (nSPS) is 11.1. The van der Waals surface area contributed by atoms with Crippen LogP contribution in [-0.4, -0.2) is 25.2 Å². The van der Waals surface area contributed by atoms with E-state index in [9.17, 15) is 0 Å². The van der Waals surface area contributed by atoms with E-state index in [1.165, 1.54) is 16.5 Å². The highest BCUT2D eigenvalue weighted by Crippen LogP contribution is 2.17. The van der Waals surface area contributed by atoms with Gasteiger partial charge in [0.05, 0.1) is 0 Å². The number of hydrogen-bond donors (Lipinski definition) is 2. The van der Waals surface area contributed by atoms with Crippen LogP contribution in [0.4, 0.5) is 0 Å². The smallest absolute Gasteiger partial charge is 0.0462 e. The molecule has 1 heterocycles. The van der Waals surface area contributed by atoms with Gasteiger partial charge in [-0.3, -0.25) is 0 Å². The lowest BCUT2D eigenvalue weighted by Crippen LogP contribution is -2.14. The van der Waals surface area contributed by atoms with E-state index in [1.807, 2.05) is 0 Å². The van der Waals surface area contributed by atoms with Gasteiger partial charge in [-0.05, 0) is 31.0 Å². The molecule has 3 heteroatoms. The quantitative estimate of drug-likeness (QED) is 0.720. The highest BCUT2D eigenvalue weighted by Gasteiger charge is 2.01. The van der Waals surface area contributed by atoms with Crippen LogP contribution in [0.5, 0.6) is 0 Å². The van der Waals surface area contributed by atoms with E-state index in [1.54, 1.807) is 7.11 Å². The number of aromatic nitrogens is 1. The molecule has 3 nitrogen and oxygen atoms in total.